The van der Waals surface area contributed by atoms with Crippen molar-refractivity contribution in [2.75, 3.05) is 4.72 Å². The van der Waals surface area contributed by atoms with Gasteiger partial charge in [0, 0.05) is 17.2 Å². The van der Waals surface area contributed by atoms with Gasteiger partial charge in [0.1, 0.15) is 6.10 Å². The van der Waals surface area contributed by atoms with Gasteiger partial charge in [0.25, 0.3) is 15.9 Å². The van der Waals surface area contributed by atoms with Crippen molar-refractivity contribution in [2.45, 2.75) is 50.9 Å². The zero-order valence-corrected chi connectivity index (χ0v) is 24.1. The van der Waals surface area contributed by atoms with Crippen LogP contribution in [0, 0.1) is 13.8 Å². The van der Waals surface area contributed by atoms with Crippen LogP contribution in [0.3, 0.4) is 0 Å². The zero-order chi connectivity index (χ0) is 30.8. The maximum Gasteiger partial charge on any atom is 0.416 e. The third-order valence-corrected chi connectivity index (χ3v) is 7.94. The lowest BCUT2D eigenvalue weighted by Gasteiger charge is -2.26. The van der Waals surface area contributed by atoms with Gasteiger partial charge in [-0.1, -0.05) is 43.0 Å². The number of aromatic nitrogens is 2. The molecule has 0 fully saturated rings. The Kier molecular flexibility index (Phi) is 8.58. The Morgan fingerprint density at radius 1 is 1.05 bits per heavy atom. The first-order chi connectivity index (χ1) is 19.7. The normalized spacial score (nSPS) is 19.0. The van der Waals surface area contributed by atoms with Gasteiger partial charge in [-0.2, -0.15) is 18.2 Å². The number of allylic oxidation sites excluding steroid dienone is 3. The largest absolute Gasteiger partial charge is 0.467 e. The molecule has 4 rings (SSSR count). The lowest BCUT2D eigenvalue weighted by atomic mass is 10.00. The van der Waals surface area contributed by atoms with Crippen molar-refractivity contribution >= 4 is 21.9 Å². The lowest BCUT2D eigenvalue weighted by Crippen LogP contribution is -2.44. The van der Waals surface area contributed by atoms with Crippen molar-refractivity contribution in [3.05, 3.63) is 101 Å². The van der Waals surface area contributed by atoms with Crippen LogP contribution in [0.4, 0.5) is 19.1 Å². The van der Waals surface area contributed by atoms with E-state index in [1.54, 1.807) is 6.92 Å². The number of carbonyl (C=O) groups is 1. The van der Waals surface area contributed by atoms with Crippen molar-refractivity contribution in [2.24, 2.45) is 0 Å². The lowest BCUT2D eigenvalue weighted by molar-refractivity contribution is -0.0883. The van der Waals surface area contributed by atoms with Gasteiger partial charge >= 0.3 is 6.18 Å². The minimum Gasteiger partial charge on any atom is -0.467 e. The third-order valence-electron chi connectivity index (χ3n) is 6.61. The van der Waals surface area contributed by atoms with Gasteiger partial charge in [-0.25, -0.2) is 18.1 Å². The summed E-state index contributed by atoms with van der Waals surface area (Å²) < 4.78 is 75.1. The van der Waals surface area contributed by atoms with Gasteiger partial charge in [0.15, 0.2) is 0 Å². The van der Waals surface area contributed by atoms with E-state index in [2.05, 4.69) is 26.6 Å². The van der Waals surface area contributed by atoms with Gasteiger partial charge < -0.3 is 10.1 Å². The second kappa shape index (κ2) is 11.8. The van der Waals surface area contributed by atoms with Gasteiger partial charge in [0.2, 0.25) is 11.8 Å². The number of hydrogen-bond donors (Lipinski definition) is 2. The summed E-state index contributed by atoms with van der Waals surface area (Å²) in [6.45, 7) is 10.5. The molecule has 0 saturated carbocycles. The summed E-state index contributed by atoms with van der Waals surface area (Å²) >= 11 is 0. The summed E-state index contributed by atoms with van der Waals surface area (Å²) in [5.74, 6) is -1.01. The molecule has 0 radical (unpaired) electrons. The summed E-state index contributed by atoms with van der Waals surface area (Å²) in [6.07, 6.45) is -2.74. The number of hydrogen-bond acceptors (Lipinski definition) is 6. The number of fused-ring (bicyclic) bond motifs is 4. The monoisotopic (exact) mass is 598 g/mol. The van der Waals surface area contributed by atoms with Crippen LogP contribution in [0.25, 0.3) is 11.3 Å². The maximum absolute atomic E-state index is 13.3. The summed E-state index contributed by atoms with van der Waals surface area (Å²) in [6, 6.07) is 11.6. The quantitative estimate of drug-likeness (QED) is 0.353. The molecule has 1 aliphatic rings. The summed E-state index contributed by atoms with van der Waals surface area (Å²) in [4.78, 5) is 21.6. The Balaban J connectivity index is 1.89. The van der Waals surface area contributed by atoms with Crippen molar-refractivity contribution in [3.8, 4) is 17.1 Å². The average Bonchev–Trinajstić information content (AvgIpc) is 2.90. The van der Waals surface area contributed by atoms with Crippen molar-refractivity contribution in [3.63, 3.8) is 0 Å². The number of amides is 1. The molecule has 4 bridgehead atoms. The van der Waals surface area contributed by atoms with Gasteiger partial charge in [-0.15, -0.1) is 0 Å². The SMILES string of the molecule is C=C(/C=C\C(=C/C)C(F)(F)F)[C@@H]1Oc2cc(-c3c(C)cccc3C)nc(n2)NS(=O)(=O)c2cccc(c2)C(=O)N[C@@H]1C. The van der Waals surface area contributed by atoms with Crippen LogP contribution in [0.5, 0.6) is 5.88 Å². The van der Waals surface area contributed by atoms with E-state index in [1.807, 2.05) is 32.0 Å². The zero-order valence-electron chi connectivity index (χ0n) is 23.3. The Morgan fingerprint density at radius 2 is 1.71 bits per heavy atom. The first kappa shape index (κ1) is 30.5. The van der Waals surface area contributed by atoms with Crippen LogP contribution in [0.15, 0.2) is 89.4 Å². The third kappa shape index (κ3) is 6.71. The average molecular weight is 599 g/mol. The minimum absolute atomic E-state index is 0.0426. The Labute approximate surface area is 242 Å². The van der Waals surface area contributed by atoms with Crippen molar-refractivity contribution in [1.29, 1.82) is 0 Å². The molecule has 1 aromatic heterocycles. The molecule has 1 aliphatic heterocycles. The fourth-order valence-electron chi connectivity index (χ4n) is 4.50. The highest BCUT2D eigenvalue weighted by Gasteiger charge is 2.32. The van der Waals surface area contributed by atoms with E-state index in [0.29, 0.717) is 5.69 Å². The number of carbonyl (C=O) groups excluding carboxylic acids is 1. The fraction of sp³-hybridized carbons (Fsp3) is 0.233. The van der Waals surface area contributed by atoms with E-state index in [-0.39, 0.29) is 27.9 Å². The molecule has 3 aromatic rings. The molecule has 42 heavy (non-hydrogen) atoms. The number of halogens is 3. The highest BCUT2D eigenvalue weighted by Crippen LogP contribution is 2.31. The van der Waals surface area contributed by atoms with Crippen molar-refractivity contribution in [1.82, 2.24) is 15.3 Å². The molecule has 220 valence electrons. The van der Waals surface area contributed by atoms with Gasteiger partial charge in [0.05, 0.1) is 22.2 Å². The molecule has 0 unspecified atom stereocenters. The number of nitrogens with one attached hydrogen (secondary N) is 2. The molecule has 8 nitrogen and oxygen atoms in total. The van der Waals surface area contributed by atoms with Crippen LogP contribution in [-0.2, 0) is 10.0 Å². The molecule has 0 saturated heterocycles. The maximum atomic E-state index is 13.3. The fourth-order valence-corrected chi connectivity index (χ4v) is 5.49. The number of anilines is 1. The number of nitrogens with zero attached hydrogens (tertiary/aromatic N) is 2. The second-order valence-corrected chi connectivity index (χ2v) is 11.4. The predicted molar refractivity (Wildman–Crippen MR) is 154 cm³/mol. The topological polar surface area (TPSA) is 110 Å². The highest BCUT2D eigenvalue weighted by molar-refractivity contribution is 7.92. The molecular weight excluding hydrogens is 569 g/mol. The van der Waals surface area contributed by atoms with E-state index in [9.17, 15) is 26.4 Å². The number of ether oxygens (including phenoxy) is 1. The molecule has 2 atom stereocenters. The number of alkyl halides is 3. The molecule has 0 spiro atoms. The summed E-state index contributed by atoms with van der Waals surface area (Å²) in [5.41, 5.74) is 2.03. The molecular formula is C30H29F3N4O4S. The highest BCUT2D eigenvalue weighted by atomic mass is 32.2. The van der Waals surface area contributed by atoms with Gasteiger partial charge in [-0.05, 0) is 68.7 Å². The first-order valence-electron chi connectivity index (χ1n) is 12.9. The van der Waals surface area contributed by atoms with E-state index < -0.39 is 39.8 Å². The Hall–Kier alpha value is -4.45. The Morgan fingerprint density at radius 3 is 2.36 bits per heavy atom. The number of sulfonamides is 1. The number of rotatable bonds is 4. The van der Waals surface area contributed by atoms with E-state index >= 15 is 0 Å². The van der Waals surface area contributed by atoms with Crippen LogP contribution >= 0.6 is 0 Å². The molecule has 0 aliphatic carbocycles. The molecule has 1 amide bonds. The molecule has 2 aromatic carbocycles. The molecule has 2 heterocycles. The summed E-state index contributed by atoms with van der Waals surface area (Å²) in [7, 11) is -4.23. The van der Waals surface area contributed by atoms with E-state index in [4.69, 9.17) is 4.74 Å². The standard InChI is InChI=1S/C30H29F3N4O4S/c1-6-22(30(31,32)33)14-13-19(4)27-20(5)34-28(38)21-11-8-12-23(15-21)42(39,40)37-29-35-24(16-25(36-29)41-27)26-17(2)9-7-10-18(26)3/h6-16,20,27H,4H2,1-3,5H3,(H,34,38)(H,35,36,37)/b14-13-,22-6+/t20-,27+/m1/s1. The van der Waals surface area contributed by atoms with Gasteiger partial charge in [-0.3, -0.25) is 4.79 Å². The smallest absolute Gasteiger partial charge is 0.416 e. The predicted octanol–water partition coefficient (Wildman–Crippen LogP) is 6.06. The van der Waals surface area contributed by atoms with E-state index in [0.717, 1.165) is 34.9 Å². The van der Waals surface area contributed by atoms with Crippen LogP contribution in [0.1, 0.15) is 35.3 Å². The van der Waals surface area contributed by atoms with Crippen LogP contribution in [-0.4, -0.2) is 42.6 Å². The minimum atomic E-state index is -4.58. The second-order valence-electron chi connectivity index (χ2n) is 9.77. The number of benzene rings is 2. The van der Waals surface area contributed by atoms with Crippen LogP contribution < -0.4 is 14.8 Å². The first-order valence-corrected chi connectivity index (χ1v) is 14.3. The van der Waals surface area contributed by atoms with E-state index in [1.165, 1.54) is 37.3 Å². The number of aryl methyl sites for hydroxylation is 2. The Bertz CT molecular complexity index is 1700. The van der Waals surface area contributed by atoms with Crippen molar-refractivity contribution < 1.29 is 31.1 Å². The van der Waals surface area contributed by atoms with Crippen LogP contribution in [0.2, 0.25) is 0 Å². The molecule has 12 heteroatoms. The summed E-state index contributed by atoms with van der Waals surface area (Å²) in [5, 5.41) is 2.74. The molecule has 2 N–H and O–H groups in total.